The first-order valence-electron chi connectivity index (χ1n) is 5.00. The maximum atomic E-state index is 11.4. The summed E-state index contributed by atoms with van der Waals surface area (Å²) in [7, 11) is 0. The number of carbonyl (C=O) groups is 2. The summed E-state index contributed by atoms with van der Waals surface area (Å²) in [6, 6.07) is -1.33. The van der Waals surface area contributed by atoms with Crippen LogP contribution in [-0.2, 0) is 4.79 Å². The Morgan fingerprint density at radius 3 is 2.60 bits per heavy atom. The van der Waals surface area contributed by atoms with Gasteiger partial charge in [0, 0.05) is 6.54 Å². The number of urea groups is 1. The second-order valence-corrected chi connectivity index (χ2v) is 3.97. The van der Waals surface area contributed by atoms with Gasteiger partial charge in [-0.25, -0.2) is 4.79 Å². The molecule has 0 spiro atoms. The standard InChI is InChI=1S/C9H17N3O3/c1-5(12-9(10)15)8(14)11-4-6-2-7(13)3-6/h5-7,13H,2-4H2,1H3,(H,11,14)(H3,10,12,15). The second kappa shape index (κ2) is 4.97. The summed E-state index contributed by atoms with van der Waals surface area (Å²) in [4.78, 5) is 21.8. The molecule has 6 heteroatoms. The zero-order chi connectivity index (χ0) is 11.4. The highest BCUT2D eigenvalue weighted by atomic mass is 16.3. The largest absolute Gasteiger partial charge is 0.393 e. The highest BCUT2D eigenvalue weighted by Gasteiger charge is 2.27. The Morgan fingerprint density at radius 2 is 2.13 bits per heavy atom. The van der Waals surface area contributed by atoms with E-state index in [0.717, 1.165) is 12.8 Å². The number of amides is 3. The summed E-state index contributed by atoms with van der Waals surface area (Å²) >= 11 is 0. The molecule has 0 radical (unpaired) electrons. The number of hydrogen-bond acceptors (Lipinski definition) is 3. The summed E-state index contributed by atoms with van der Waals surface area (Å²) < 4.78 is 0. The molecule has 6 nitrogen and oxygen atoms in total. The molecular weight excluding hydrogens is 198 g/mol. The molecule has 1 aliphatic rings. The number of rotatable bonds is 4. The van der Waals surface area contributed by atoms with E-state index in [4.69, 9.17) is 10.8 Å². The Morgan fingerprint density at radius 1 is 1.53 bits per heavy atom. The normalized spacial score (nSPS) is 26.3. The first kappa shape index (κ1) is 11.8. The third-order valence-electron chi connectivity index (χ3n) is 2.53. The van der Waals surface area contributed by atoms with Crippen LogP contribution >= 0.6 is 0 Å². The quantitative estimate of drug-likeness (QED) is 0.480. The van der Waals surface area contributed by atoms with Crippen molar-refractivity contribution in [3.05, 3.63) is 0 Å². The zero-order valence-corrected chi connectivity index (χ0v) is 8.69. The number of carbonyl (C=O) groups excluding carboxylic acids is 2. The number of nitrogens with two attached hydrogens (primary N) is 1. The SMILES string of the molecule is CC(NC(N)=O)C(=O)NCC1CC(O)C1. The molecule has 0 aromatic heterocycles. The van der Waals surface area contributed by atoms with E-state index in [1.807, 2.05) is 0 Å². The number of primary amides is 1. The Balaban J connectivity index is 2.15. The van der Waals surface area contributed by atoms with Crippen molar-refractivity contribution in [2.24, 2.45) is 11.7 Å². The molecule has 0 aliphatic heterocycles. The monoisotopic (exact) mass is 215 g/mol. The maximum Gasteiger partial charge on any atom is 0.312 e. The van der Waals surface area contributed by atoms with Crippen molar-refractivity contribution in [1.82, 2.24) is 10.6 Å². The van der Waals surface area contributed by atoms with Crippen LogP contribution in [0.3, 0.4) is 0 Å². The summed E-state index contributed by atoms with van der Waals surface area (Å²) in [5.74, 6) is 0.0971. The summed E-state index contributed by atoms with van der Waals surface area (Å²) in [6.07, 6.45) is 1.25. The smallest absolute Gasteiger partial charge is 0.312 e. The van der Waals surface area contributed by atoms with Crippen molar-refractivity contribution in [2.75, 3.05) is 6.54 Å². The first-order valence-corrected chi connectivity index (χ1v) is 5.00. The van der Waals surface area contributed by atoms with Crippen LogP contribution in [0.4, 0.5) is 4.79 Å². The molecule has 1 atom stereocenters. The Bertz CT molecular complexity index is 251. The molecule has 5 N–H and O–H groups in total. The maximum absolute atomic E-state index is 11.4. The van der Waals surface area contributed by atoms with Gasteiger partial charge < -0.3 is 21.5 Å². The lowest BCUT2D eigenvalue weighted by Crippen LogP contribution is -2.48. The van der Waals surface area contributed by atoms with Gasteiger partial charge in [0.2, 0.25) is 5.91 Å². The van der Waals surface area contributed by atoms with Crippen molar-refractivity contribution >= 4 is 11.9 Å². The molecular formula is C9H17N3O3. The molecule has 1 saturated carbocycles. The fourth-order valence-corrected chi connectivity index (χ4v) is 1.54. The van der Waals surface area contributed by atoms with Crippen LogP contribution in [0.2, 0.25) is 0 Å². The van der Waals surface area contributed by atoms with Gasteiger partial charge in [-0.2, -0.15) is 0 Å². The fraction of sp³-hybridized carbons (Fsp3) is 0.778. The highest BCUT2D eigenvalue weighted by Crippen LogP contribution is 2.25. The van der Waals surface area contributed by atoms with E-state index in [9.17, 15) is 9.59 Å². The Kier molecular flexibility index (Phi) is 3.90. The summed E-state index contributed by atoms with van der Waals surface area (Å²) in [5, 5.41) is 14.0. The minimum atomic E-state index is -0.711. The van der Waals surface area contributed by atoms with Crippen LogP contribution in [0, 0.1) is 5.92 Å². The second-order valence-electron chi connectivity index (χ2n) is 3.97. The average Bonchev–Trinajstić information content (AvgIpc) is 2.08. The molecule has 15 heavy (non-hydrogen) atoms. The number of hydrogen-bond donors (Lipinski definition) is 4. The van der Waals surface area contributed by atoms with Crippen LogP contribution in [-0.4, -0.2) is 35.7 Å². The van der Waals surface area contributed by atoms with E-state index in [1.54, 1.807) is 6.92 Å². The molecule has 0 aromatic carbocycles. The molecule has 0 saturated heterocycles. The van der Waals surface area contributed by atoms with Gasteiger partial charge in [0.25, 0.3) is 0 Å². The van der Waals surface area contributed by atoms with Crippen molar-refractivity contribution in [3.8, 4) is 0 Å². The molecule has 1 fully saturated rings. The number of nitrogens with one attached hydrogen (secondary N) is 2. The molecule has 1 unspecified atom stereocenters. The van der Waals surface area contributed by atoms with Gasteiger partial charge in [0.05, 0.1) is 6.10 Å². The van der Waals surface area contributed by atoms with Crippen LogP contribution < -0.4 is 16.4 Å². The fourth-order valence-electron chi connectivity index (χ4n) is 1.54. The molecule has 3 amide bonds. The van der Waals surface area contributed by atoms with Crippen LogP contribution in [0.25, 0.3) is 0 Å². The van der Waals surface area contributed by atoms with Crippen molar-refractivity contribution in [1.29, 1.82) is 0 Å². The lowest BCUT2D eigenvalue weighted by atomic mass is 9.82. The van der Waals surface area contributed by atoms with E-state index in [2.05, 4.69) is 10.6 Å². The van der Waals surface area contributed by atoms with Crippen LogP contribution in [0.5, 0.6) is 0 Å². The predicted octanol–water partition coefficient (Wildman–Crippen LogP) is -1.07. The molecule has 1 rings (SSSR count). The summed E-state index contributed by atoms with van der Waals surface area (Å²) in [6.45, 7) is 2.11. The van der Waals surface area contributed by atoms with Gasteiger partial charge in [-0.1, -0.05) is 0 Å². The third kappa shape index (κ3) is 3.75. The number of aliphatic hydroxyl groups excluding tert-OH is 1. The highest BCUT2D eigenvalue weighted by molar-refractivity contribution is 5.86. The van der Waals surface area contributed by atoms with Crippen LogP contribution in [0.15, 0.2) is 0 Å². The number of aliphatic hydroxyl groups is 1. The van der Waals surface area contributed by atoms with E-state index < -0.39 is 12.1 Å². The minimum absolute atomic E-state index is 0.215. The van der Waals surface area contributed by atoms with Crippen LogP contribution in [0.1, 0.15) is 19.8 Å². The first-order chi connectivity index (χ1) is 6.99. The van der Waals surface area contributed by atoms with E-state index in [1.165, 1.54) is 0 Å². The van der Waals surface area contributed by atoms with Gasteiger partial charge in [-0.15, -0.1) is 0 Å². The van der Waals surface area contributed by atoms with E-state index in [-0.39, 0.29) is 12.0 Å². The third-order valence-corrected chi connectivity index (χ3v) is 2.53. The lowest BCUT2D eigenvalue weighted by molar-refractivity contribution is -0.123. The lowest BCUT2D eigenvalue weighted by Gasteiger charge is -2.31. The average molecular weight is 215 g/mol. The van der Waals surface area contributed by atoms with Gasteiger partial charge in [0.15, 0.2) is 0 Å². The van der Waals surface area contributed by atoms with E-state index in [0.29, 0.717) is 12.5 Å². The van der Waals surface area contributed by atoms with Crippen molar-refractivity contribution in [2.45, 2.75) is 31.9 Å². The molecule has 0 aromatic rings. The summed E-state index contributed by atoms with van der Waals surface area (Å²) in [5.41, 5.74) is 4.88. The molecule has 1 aliphatic carbocycles. The topological polar surface area (TPSA) is 104 Å². The predicted molar refractivity (Wildman–Crippen MR) is 53.9 cm³/mol. The Labute approximate surface area is 88.2 Å². The molecule has 0 bridgehead atoms. The van der Waals surface area contributed by atoms with Crippen molar-refractivity contribution in [3.63, 3.8) is 0 Å². The van der Waals surface area contributed by atoms with Crippen molar-refractivity contribution < 1.29 is 14.7 Å². The van der Waals surface area contributed by atoms with E-state index >= 15 is 0 Å². The molecule has 86 valence electrons. The Hall–Kier alpha value is -1.30. The van der Waals surface area contributed by atoms with Gasteiger partial charge in [-0.05, 0) is 25.7 Å². The van der Waals surface area contributed by atoms with Gasteiger partial charge in [0.1, 0.15) is 6.04 Å². The van der Waals surface area contributed by atoms with Gasteiger partial charge in [-0.3, -0.25) is 4.79 Å². The minimum Gasteiger partial charge on any atom is -0.393 e. The zero-order valence-electron chi connectivity index (χ0n) is 8.69. The van der Waals surface area contributed by atoms with Gasteiger partial charge >= 0.3 is 6.03 Å². The molecule has 0 heterocycles.